The zero-order chi connectivity index (χ0) is 11.7. The van der Waals surface area contributed by atoms with Crippen LogP contribution in [0.1, 0.15) is 17.9 Å². The quantitative estimate of drug-likeness (QED) is 0.542. The smallest absolute Gasteiger partial charge is 0.321 e. The lowest BCUT2D eigenvalue weighted by Crippen LogP contribution is -2.11. The van der Waals surface area contributed by atoms with Crippen LogP contribution in [0, 0.1) is 0 Å². The lowest BCUT2D eigenvalue weighted by Gasteiger charge is -2.12. The minimum absolute atomic E-state index is 0.113. The highest BCUT2D eigenvalue weighted by Gasteiger charge is 2.34. The van der Waals surface area contributed by atoms with Crippen molar-refractivity contribution in [1.29, 1.82) is 0 Å². The van der Waals surface area contributed by atoms with Gasteiger partial charge in [-0.25, -0.2) is 4.98 Å². The maximum Gasteiger partial charge on any atom is 0.321 e. The fourth-order valence-corrected chi connectivity index (χ4v) is 1.60. The number of aromatic nitrogens is 1. The number of hydrogen-bond acceptors (Lipinski definition) is 5. The number of esters is 2. The largest absolute Gasteiger partial charge is 0.393 e. The van der Waals surface area contributed by atoms with Crippen molar-refractivity contribution in [1.82, 2.24) is 4.98 Å². The third kappa shape index (κ3) is 1.88. The second-order valence-corrected chi connectivity index (χ2v) is 3.89. The first-order valence-corrected chi connectivity index (χ1v) is 4.95. The van der Waals surface area contributed by atoms with Gasteiger partial charge in [0.2, 0.25) is 0 Å². The van der Waals surface area contributed by atoms with Crippen LogP contribution in [0.2, 0.25) is 0 Å². The zero-order valence-corrected chi connectivity index (χ0v) is 9.14. The number of ether oxygens (including phenoxy) is 1. The number of rotatable bonds is 2. The van der Waals surface area contributed by atoms with Crippen molar-refractivity contribution in [2.45, 2.75) is 12.3 Å². The molecule has 1 aromatic rings. The van der Waals surface area contributed by atoms with Crippen molar-refractivity contribution in [2.75, 3.05) is 19.0 Å². The summed E-state index contributed by atoms with van der Waals surface area (Å²) in [6, 6.07) is 3.61. The maximum atomic E-state index is 11.3. The molecule has 1 atom stereocenters. The Kier molecular flexibility index (Phi) is 2.60. The predicted molar refractivity (Wildman–Crippen MR) is 57.0 cm³/mol. The first-order chi connectivity index (χ1) is 7.58. The Morgan fingerprint density at radius 3 is 2.56 bits per heavy atom. The van der Waals surface area contributed by atoms with Crippen molar-refractivity contribution in [3.8, 4) is 0 Å². The summed E-state index contributed by atoms with van der Waals surface area (Å²) in [5, 5.41) is 0. The first-order valence-electron chi connectivity index (χ1n) is 4.95. The minimum Gasteiger partial charge on any atom is -0.393 e. The van der Waals surface area contributed by atoms with Crippen LogP contribution >= 0.6 is 0 Å². The van der Waals surface area contributed by atoms with Crippen LogP contribution in [0.25, 0.3) is 0 Å². The molecule has 0 bridgehead atoms. The summed E-state index contributed by atoms with van der Waals surface area (Å²) in [6.07, 6.45) is 1.72. The molecule has 0 aliphatic carbocycles. The topological polar surface area (TPSA) is 59.5 Å². The van der Waals surface area contributed by atoms with E-state index in [0.717, 1.165) is 11.4 Å². The van der Waals surface area contributed by atoms with Gasteiger partial charge in [-0.15, -0.1) is 0 Å². The molecule has 1 unspecified atom stereocenters. The van der Waals surface area contributed by atoms with E-state index in [1.807, 2.05) is 25.1 Å². The molecule has 1 aliphatic heterocycles. The predicted octanol–water partition coefficient (Wildman–Crippen LogP) is 0.705. The molecule has 5 nitrogen and oxygen atoms in total. The van der Waals surface area contributed by atoms with E-state index in [0.29, 0.717) is 0 Å². The van der Waals surface area contributed by atoms with Gasteiger partial charge in [0, 0.05) is 20.3 Å². The lowest BCUT2D eigenvalue weighted by molar-refractivity contribution is -0.152. The van der Waals surface area contributed by atoms with E-state index >= 15 is 0 Å². The highest BCUT2D eigenvalue weighted by molar-refractivity contribution is 5.97. The third-order valence-corrected chi connectivity index (χ3v) is 2.50. The minimum atomic E-state index is -0.490. The van der Waals surface area contributed by atoms with E-state index in [-0.39, 0.29) is 6.42 Å². The number of anilines is 1. The first kappa shape index (κ1) is 10.6. The molecule has 84 valence electrons. The number of nitrogens with zero attached hydrogens (tertiary/aromatic N) is 2. The van der Waals surface area contributed by atoms with Gasteiger partial charge in [0.1, 0.15) is 5.82 Å². The van der Waals surface area contributed by atoms with Crippen LogP contribution in [0.3, 0.4) is 0 Å². The average Bonchev–Trinajstić information content (AvgIpc) is 2.58. The van der Waals surface area contributed by atoms with E-state index in [9.17, 15) is 9.59 Å². The number of cyclic esters (lactones) is 2. The molecule has 1 aliphatic rings. The molecule has 5 heteroatoms. The van der Waals surface area contributed by atoms with E-state index < -0.39 is 17.9 Å². The molecule has 0 N–H and O–H groups in total. The van der Waals surface area contributed by atoms with Gasteiger partial charge in [0.15, 0.2) is 0 Å². The van der Waals surface area contributed by atoms with Gasteiger partial charge >= 0.3 is 11.9 Å². The summed E-state index contributed by atoms with van der Waals surface area (Å²) in [7, 11) is 3.77. The molecular weight excluding hydrogens is 208 g/mol. The zero-order valence-electron chi connectivity index (χ0n) is 9.14. The van der Waals surface area contributed by atoms with Crippen LogP contribution in [0.15, 0.2) is 18.3 Å². The number of carbonyl (C=O) groups excluding carboxylic acids is 2. The molecule has 0 amide bonds. The second-order valence-electron chi connectivity index (χ2n) is 3.89. The second kappa shape index (κ2) is 3.92. The molecule has 0 saturated carbocycles. The number of hydrogen-bond donors (Lipinski definition) is 0. The van der Waals surface area contributed by atoms with Gasteiger partial charge < -0.3 is 9.64 Å². The Bertz CT molecular complexity index is 425. The molecule has 2 rings (SSSR count). The van der Waals surface area contributed by atoms with E-state index in [2.05, 4.69) is 9.72 Å². The molecule has 2 heterocycles. The molecule has 1 fully saturated rings. The van der Waals surface area contributed by atoms with E-state index in [4.69, 9.17) is 0 Å². The number of pyridine rings is 1. The van der Waals surface area contributed by atoms with Crippen molar-refractivity contribution >= 4 is 17.8 Å². The molecule has 0 spiro atoms. The van der Waals surface area contributed by atoms with Crippen molar-refractivity contribution in [2.24, 2.45) is 0 Å². The summed E-state index contributed by atoms with van der Waals surface area (Å²) >= 11 is 0. The molecule has 1 aromatic heterocycles. The van der Waals surface area contributed by atoms with Gasteiger partial charge in [0.25, 0.3) is 0 Å². The van der Waals surface area contributed by atoms with Crippen molar-refractivity contribution in [3.05, 3.63) is 23.9 Å². The molecule has 16 heavy (non-hydrogen) atoms. The van der Waals surface area contributed by atoms with Gasteiger partial charge in [-0.05, 0) is 11.6 Å². The summed E-state index contributed by atoms with van der Waals surface area (Å²) in [5.41, 5.74) is 0.724. The van der Waals surface area contributed by atoms with Crippen molar-refractivity contribution < 1.29 is 14.3 Å². The highest BCUT2D eigenvalue weighted by Crippen LogP contribution is 2.27. The summed E-state index contributed by atoms with van der Waals surface area (Å²) in [6.45, 7) is 0. The Balaban J connectivity index is 2.22. The molecular formula is C11H12N2O3. The molecule has 1 saturated heterocycles. The highest BCUT2D eigenvalue weighted by atomic mass is 16.6. The fourth-order valence-electron chi connectivity index (χ4n) is 1.60. The van der Waals surface area contributed by atoms with Crippen LogP contribution in [0.4, 0.5) is 5.82 Å². The SMILES string of the molecule is CN(C)c1ccc(C2CC(=O)OC2=O)cn1. The van der Waals surface area contributed by atoms with Gasteiger partial charge in [-0.2, -0.15) is 0 Å². The fraction of sp³-hybridized carbons (Fsp3) is 0.364. The molecule has 0 aromatic carbocycles. The monoisotopic (exact) mass is 220 g/mol. The van der Waals surface area contributed by atoms with Crippen LogP contribution in [-0.4, -0.2) is 31.0 Å². The standard InChI is InChI=1S/C11H12N2O3/c1-13(2)9-4-3-7(6-12-9)8-5-10(14)16-11(8)15/h3-4,6,8H,5H2,1-2H3. The van der Waals surface area contributed by atoms with Crippen LogP contribution in [-0.2, 0) is 14.3 Å². The van der Waals surface area contributed by atoms with E-state index in [1.165, 1.54) is 0 Å². The van der Waals surface area contributed by atoms with Crippen LogP contribution in [0.5, 0.6) is 0 Å². The summed E-state index contributed by atoms with van der Waals surface area (Å²) in [4.78, 5) is 28.3. The lowest BCUT2D eigenvalue weighted by atomic mass is 10.00. The number of carbonyl (C=O) groups is 2. The summed E-state index contributed by atoms with van der Waals surface area (Å²) < 4.78 is 4.49. The Labute approximate surface area is 93.0 Å². The average molecular weight is 220 g/mol. The van der Waals surface area contributed by atoms with Gasteiger partial charge in [-0.1, -0.05) is 6.07 Å². The van der Waals surface area contributed by atoms with Crippen molar-refractivity contribution in [3.63, 3.8) is 0 Å². The summed E-state index contributed by atoms with van der Waals surface area (Å²) in [5.74, 6) is -0.631. The molecule has 0 radical (unpaired) electrons. The normalized spacial score (nSPS) is 19.8. The van der Waals surface area contributed by atoms with E-state index in [1.54, 1.807) is 12.3 Å². The maximum absolute atomic E-state index is 11.3. The Morgan fingerprint density at radius 1 is 1.38 bits per heavy atom. The van der Waals surface area contributed by atoms with Gasteiger partial charge in [-0.3, -0.25) is 9.59 Å². The third-order valence-electron chi connectivity index (χ3n) is 2.50. The van der Waals surface area contributed by atoms with Crippen LogP contribution < -0.4 is 4.90 Å². The Morgan fingerprint density at radius 2 is 2.12 bits per heavy atom. The van der Waals surface area contributed by atoms with Gasteiger partial charge in [0.05, 0.1) is 12.3 Å². The Hall–Kier alpha value is -1.91.